The van der Waals surface area contributed by atoms with Crippen LogP contribution in [0.3, 0.4) is 0 Å². The molecular weight excluding hydrogens is 768 g/mol. The zero-order valence-electron chi connectivity index (χ0n) is 32.4. The smallest absolute Gasteiger partial charge is 0.437 e. The number of hydrogen-bond donors (Lipinski definition) is 3. The van der Waals surface area contributed by atoms with E-state index in [1.54, 1.807) is 59.7 Å². The maximum Gasteiger partial charge on any atom is 0.437 e. The summed E-state index contributed by atoms with van der Waals surface area (Å²) in [7, 11) is 0. The minimum atomic E-state index is -1.18. The summed E-state index contributed by atoms with van der Waals surface area (Å²) >= 11 is 7.62. The number of alkyl carbamates (subject to hydrolysis) is 1. The number of benzene rings is 2. The summed E-state index contributed by atoms with van der Waals surface area (Å²) in [5.74, 6) is -2.92. The number of aryl methyl sites for hydroxylation is 1. The van der Waals surface area contributed by atoms with E-state index in [2.05, 4.69) is 15.6 Å². The molecule has 3 aromatic rings. The molecule has 2 aromatic carbocycles. The van der Waals surface area contributed by atoms with E-state index in [1.165, 1.54) is 41.3 Å². The molecular formula is C39H47ClN4O11S. The van der Waals surface area contributed by atoms with Gasteiger partial charge in [-0.25, -0.2) is 19.2 Å². The average Bonchev–Trinajstić information content (AvgIpc) is 3.54. The van der Waals surface area contributed by atoms with Gasteiger partial charge >= 0.3 is 30.1 Å². The van der Waals surface area contributed by atoms with Crippen LogP contribution in [-0.2, 0) is 36.8 Å². The zero-order valence-corrected chi connectivity index (χ0v) is 33.9. The van der Waals surface area contributed by atoms with Gasteiger partial charge in [0.1, 0.15) is 28.4 Å². The number of guanidine groups is 1. The first-order valence-electron chi connectivity index (χ1n) is 17.7. The van der Waals surface area contributed by atoms with Gasteiger partial charge in [-0.2, -0.15) is 0 Å². The SMILES string of the molecule is CCCCOC(=O)c1ccc(CN(CC(=O)O)C(=O)CCc2ccc(OC(=O)c3ccc(N/C(=N/C(=O)OC(C)(C)C)NC(=O)OC(C)(C)C)cc3)cc2Cl)s1. The summed E-state index contributed by atoms with van der Waals surface area (Å²) in [6.45, 7) is 11.8. The van der Waals surface area contributed by atoms with Crippen molar-refractivity contribution in [2.24, 2.45) is 4.99 Å². The van der Waals surface area contributed by atoms with Gasteiger partial charge in [0.05, 0.1) is 18.7 Å². The Hall–Kier alpha value is -5.48. The van der Waals surface area contributed by atoms with E-state index in [4.69, 9.17) is 30.5 Å². The van der Waals surface area contributed by atoms with Crippen LogP contribution in [0, 0.1) is 0 Å². The fraction of sp³-hybridized carbons (Fsp3) is 0.410. The first kappa shape index (κ1) is 44.9. The highest BCUT2D eigenvalue weighted by molar-refractivity contribution is 7.13. The topological polar surface area (TPSA) is 199 Å². The highest BCUT2D eigenvalue weighted by Crippen LogP contribution is 2.26. The number of aliphatic carboxylic acids is 1. The molecule has 0 saturated carbocycles. The van der Waals surface area contributed by atoms with Crippen LogP contribution >= 0.6 is 22.9 Å². The van der Waals surface area contributed by atoms with Gasteiger partial charge in [-0.3, -0.25) is 14.9 Å². The Balaban J connectivity index is 1.62. The second-order valence-corrected chi connectivity index (χ2v) is 15.9. The van der Waals surface area contributed by atoms with Crippen molar-refractivity contribution in [3.05, 3.63) is 80.5 Å². The van der Waals surface area contributed by atoms with Crippen LogP contribution in [0.5, 0.6) is 5.75 Å². The maximum atomic E-state index is 13.1. The number of hydrogen-bond acceptors (Lipinski definition) is 11. The molecule has 15 nitrogen and oxygen atoms in total. The highest BCUT2D eigenvalue weighted by atomic mass is 35.5. The normalized spacial score (nSPS) is 11.6. The van der Waals surface area contributed by atoms with Crippen molar-refractivity contribution in [3.63, 3.8) is 0 Å². The maximum absolute atomic E-state index is 13.1. The first-order valence-corrected chi connectivity index (χ1v) is 18.9. The van der Waals surface area contributed by atoms with Crippen LogP contribution in [0.1, 0.15) is 98.2 Å². The number of nitrogens with zero attached hydrogens (tertiary/aromatic N) is 2. The third-order valence-corrected chi connectivity index (χ3v) is 8.46. The summed E-state index contributed by atoms with van der Waals surface area (Å²) in [5, 5.41) is 14.8. The number of carboxylic acids is 1. The standard InChI is InChI=1S/C39H47ClN4O11S/c1-8-9-20-52-34(49)30-18-17-28(56-30)22-44(23-32(46)47)31(45)19-13-24-12-16-27(21-29(24)40)53-33(48)25-10-14-26(15-11-25)41-35(42-36(50)54-38(2,3)4)43-37(51)55-39(5,6)7/h10-12,14-18,21H,8-9,13,19-20,22-23H2,1-7H3,(H,46,47)(H2,41,42,43,50,51). The third kappa shape index (κ3) is 16.1. The van der Waals surface area contributed by atoms with Gasteiger partial charge in [0.25, 0.3) is 0 Å². The number of esters is 2. The monoisotopic (exact) mass is 814 g/mol. The van der Waals surface area contributed by atoms with Crippen molar-refractivity contribution in [3.8, 4) is 5.75 Å². The molecule has 17 heteroatoms. The molecule has 0 aliphatic heterocycles. The van der Waals surface area contributed by atoms with Crippen molar-refractivity contribution in [1.82, 2.24) is 10.2 Å². The Morgan fingerprint density at radius 1 is 0.893 bits per heavy atom. The molecule has 1 aromatic heterocycles. The van der Waals surface area contributed by atoms with E-state index in [0.29, 0.717) is 27.6 Å². The van der Waals surface area contributed by atoms with Crippen molar-refractivity contribution in [1.29, 1.82) is 0 Å². The zero-order chi connectivity index (χ0) is 41.6. The summed E-state index contributed by atoms with van der Waals surface area (Å²) in [6.07, 6.45) is -0.0732. The van der Waals surface area contributed by atoms with Crippen LogP contribution in [0.2, 0.25) is 5.02 Å². The molecule has 1 heterocycles. The fourth-order valence-corrected chi connectivity index (χ4v) is 5.77. The van der Waals surface area contributed by atoms with Crippen LogP contribution in [0.15, 0.2) is 59.6 Å². The molecule has 0 bridgehead atoms. The molecule has 56 heavy (non-hydrogen) atoms. The molecule has 0 atom stereocenters. The van der Waals surface area contributed by atoms with Crippen LogP contribution in [-0.4, -0.2) is 76.3 Å². The first-order chi connectivity index (χ1) is 26.2. The quantitative estimate of drug-likeness (QED) is 0.0356. The van der Waals surface area contributed by atoms with Crippen LogP contribution in [0.4, 0.5) is 15.3 Å². The summed E-state index contributed by atoms with van der Waals surface area (Å²) in [4.78, 5) is 80.7. The Bertz CT molecular complexity index is 1910. The van der Waals surface area contributed by atoms with Gasteiger partial charge in [-0.15, -0.1) is 16.3 Å². The number of thiophene rings is 1. The lowest BCUT2D eigenvalue weighted by Crippen LogP contribution is -2.40. The van der Waals surface area contributed by atoms with Crippen LogP contribution in [0.25, 0.3) is 0 Å². The van der Waals surface area contributed by atoms with E-state index in [-0.39, 0.29) is 41.7 Å². The van der Waals surface area contributed by atoms with Crippen molar-refractivity contribution in [2.75, 3.05) is 18.5 Å². The number of rotatable bonds is 14. The second-order valence-electron chi connectivity index (χ2n) is 14.3. The number of unbranched alkanes of at least 4 members (excludes halogenated alkanes) is 1. The van der Waals surface area contributed by atoms with Gasteiger partial charge in [0.15, 0.2) is 0 Å². The molecule has 3 rings (SSSR count). The second kappa shape index (κ2) is 20.4. The number of carbonyl (C=O) groups excluding carboxylic acids is 5. The fourth-order valence-electron chi connectivity index (χ4n) is 4.59. The highest BCUT2D eigenvalue weighted by Gasteiger charge is 2.22. The Morgan fingerprint density at radius 2 is 1.57 bits per heavy atom. The lowest BCUT2D eigenvalue weighted by atomic mass is 10.1. The summed E-state index contributed by atoms with van der Waals surface area (Å²) in [6, 6.07) is 13.7. The largest absolute Gasteiger partial charge is 0.480 e. The predicted molar refractivity (Wildman–Crippen MR) is 210 cm³/mol. The minimum Gasteiger partial charge on any atom is -0.480 e. The van der Waals surface area contributed by atoms with Gasteiger partial charge in [0, 0.05) is 22.0 Å². The van der Waals surface area contributed by atoms with Crippen LogP contribution < -0.4 is 15.4 Å². The average molecular weight is 815 g/mol. The van der Waals surface area contributed by atoms with E-state index < -0.39 is 53.7 Å². The van der Waals surface area contributed by atoms with Crippen molar-refractivity contribution >= 4 is 70.6 Å². The summed E-state index contributed by atoms with van der Waals surface area (Å²) in [5.41, 5.74) is -0.563. The molecule has 0 aliphatic carbocycles. The molecule has 0 saturated heterocycles. The van der Waals surface area contributed by atoms with Crippen molar-refractivity contribution in [2.45, 2.75) is 91.9 Å². The van der Waals surface area contributed by atoms with E-state index in [1.807, 2.05) is 6.92 Å². The number of aliphatic imine (C=N–C) groups is 1. The lowest BCUT2D eigenvalue weighted by molar-refractivity contribution is -0.144. The van der Waals surface area contributed by atoms with Gasteiger partial charge in [0.2, 0.25) is 11.9 Å². The predicted octanol–water partition coefficient (Wildman–Crippen LogP) is 7.85. The molecule has 302 valence electrons. The van der Waals surface area contributed by atoms with Gasteiger partial charge < -0.3 is 34.3 Å². The van der Waals surface area contributed by atoms with E-state index in [9.17, 15) is 33.9 Å². The molecule has 0 fully saturated rings. The minimum absolute atomic E-state index is 0.00150. The van der Waals surface area contributed by atoms with Gasteiger partial charge in [-0.05, 0) is 108 Å². The lowest BCUT2D eigenvalue weighted by Gasteiger charge is -2.21. The molecule has 0 radical (unpaired) electrons. The van der Waals surface area contributed by atoms with Gasteiger partial charge in [-0.1, -0.05) is 31.0 Å². The number of amides is 3. The third-order valence-electron chi connectivity index (χ3n) is 7.06. The van der Waals surface area contributed by atoms with E-state index >= 15 is 0 Å². The molecule has 0 unspecified atom stereocenters. The Morgan fingerprint density at radius 3 is 2.18 bits per heavy atom. The number of ether oxygens (including phenoxy) is 4. The Kier molecular flexibility index (Phi) is 16.4. The number of anilines is 1. The number of carboxylic acid groups (broad SMARTS) is 1. The molecule has 0 spiro atoms. The number of nitrogens with one attached hydrogen (secondary N) is 2. The van der Waals surface area contributed by atoms with Crippen molar-refractivity contribution < 1.29 is 52.8 Å². The number of halogens is 1. The molecule has 3 amide bonds. The Labute approximate surface area is 334 Å². The molecule has 0 aliphatic rings. The summed E-state index contributed by atoms with van der Waals surface area (Å²) < 4.78 is 21.2. The molecule has 3 N–H and O–H groups in total. The number of carbonyl (C=O) groups is 6. The van der Waals surface area contributed by atoms with E-state index in [0.717, 1.165) is 24.2 Å².